The predicted molar refractivity (Wildman–Crippen MR) is 95.3 cm³/mol. The standard InChI is InChI=1S/C22H13FO4/c23-14-6-3-5-13(11-14)12-27-22(26)18-10-4-9-17-19(18)21(25)16-8-2-1-7-15(16)20(17)24/h1-11H,12H2. The van der Waals surface area contributed by atoms with Gasteiger partial charge in [-0.1, -0.05) is 48.5 Å². The van der Waals surface area contributed by atoms with Crippen LogP contribution in [0, 0.1) is 5.82 Å². The van der Waals surface area contributed by atoms with Crippen molar-refractivity contribution < 1.29 is 23.5 Å². The highest BCUT2D eigenvalue weighted by Crippen LogP contribution is 2.29. The maximum Gasteiger partial charge on any atom is 0.339 e. The molecule has 1 aliphatic rings. The number of esters is 1. The number of ether oxygens (including phenoxy) is 1. The number of carbonyl (C=O) groups excluding carboxylic acids is 3. The molecule has 3 aromatic carbocycles. The number of halogens is 1. The Hall–Kier alpha value is -3.60. The number of ketones is 2. The van der Waals surface area contributed by atoms with E-state index in [1.807, 2.05) is 0 Å². The van der Waals surface area contributed by atoms with Gasteiger partial charge in [-0.15, -0.1) is 0 Å². The molecule has 0 unspecified atom stereocenters. The second kappa shape index (κ2) is 6.61. The number of fused-ring (bicyclic) bond motifs is 2. The highest BCUT2D eigenvalue weighted by molar-refractivity contribution is 6.30. The van der Waals surface area contributed by atoms with Crippen molar-refractivity contribution in [2.75, 3.05) is 0 Å². The van der Waals surface area contributed by atoms with Crippen molar-refractivity contribution >= 4 is 17.5 Å². The maximum absolute atomic E-state index is 13.3. The Morgan fingerprint density at radius 1 is 0.815 bits per heavy atom. The fraction of sp³-hybridized carbons (Fsp3) is 0.0455. The van der Waals surface area contributed by atoms with Crippen molar-refractivity contribution in [3.63, 3.8) is 0 Å². The monoisotopic (exact) mass is 360 g/mol. The van der Waals surface area contributed by atoms with Crippen molar-refractivity contribution in [1.29, 1.82) is 0 Å². The van der Waals surface area contributed by atoms with Gasteiger partial charge in [-0.2, -0.15) is 0 Å². The molecule has 0 aliphatic heterocycles. The van der Waals surface area contributed by atoms with Gasteiger partial charge in [0.1, 0.15) is 12.4 Å². The summed E-state index contributed by atoms with van der Waals surface area (Å²) in [4.78, 5) is 38.1. The molecule has 0 fully saturated rings. The number of hydrogen-bond donors (Lipinski definition) is 0. The largest absolute Gasteiger partial charge is 0.457 e. The lowest BCUT2D eigenvalue weighted by atomic mass is 9.82. The first-order chi connectivity index (χ1) is 13.1. The van der Waals surface area contributed by atoms with Gasteiger partial charge >= 0.3 is 5.97 Å². The Balaban J connectivity index is 1.68. The quantitative estimate of drug-likeness (QED) is 0.519. The van der Waals surface area contributed by atoms with Crippen LogP contribution in [0.4, 0.5) is 4.39 Å². The molecule has 132 valence electrons. The van der Waals surface area contributed by atoms with Crippen LogP contribution in [-0.4, -0.2) is 17.5 Å². The summed E-state index contributed by atoms with van der Waals surface area (Å²) in [6.07, 6.45) is 0. The summed E-state index contributed by atoms with van der Waals surface area (Å²) in [6, 6.07) is 16.7. The molecule has 27 heavy (non-hydrogen) atoms. The summed E-state index contributed by atoms with van der Waals surface area (Å²) in [7, 11) is 0. The van der Waals surface area contributed by atoms with Gasteiger partial charge in [0, 0.05) is 22.3 Å². The van der Waals surface area contributed by atoms with E-state index in [0.29, 0.717) is 11.1 Å². The average Bonchev–Trinajstić information content (AvgIpc) is 2.70. The third-order valence-electron chi connectivity index (χ3n) is 4.43. The Kier molecular flexibility index (Phi) is 4.12. The maximum atomic E-state index is 13.3. The van der Waals surface area contributed by atoms with Crippen LogP contribution in [0.25, 0.3) is 0 Å². The zero-order chi connectivity index (χ0) is 19.0. The molecular weight excluding hydrogens is 347 g/mol. The van der Waals surface area contributed by atoms with Crippen LogP contribution in [0.2, 0.25) is 0 Å². The van der Waals surface area contributed by atoms with Crippen molar-refractivity contribution in [1.82, 2.24) is 0 Å². The molecule has 0 atom stereocenters. The summed E-state index contributed by atoms with van der Waals surface area (Å²) in [5, 5.41) is 0. The summed E-state index contributed by atoms with van der Waals surface area (Å²) in [5.41, 5.74) is 1.32. The Labute approximate surface area is 154 Å². The minimum absolute atomic E-state index is 0.0248. The SMILES string of the molecule is O=C(OCc1cccc(F)c1)c1cccc2c1C(=O)c1ccccc1C2=O. The van der Waals surface area contributed by atoms with Crippen molar-refractivity contribution in [2.45, 2.75) is 6.61 Å². The van der Waals surface area contributed by atoms with Crippen LogP contribution in [0.1, 0.15) is 47.8 Å². The van der Waals surface area contributed by atoms with E-state index < -0.39 is 17.6 Å². The number of benzene rings is 3. The first kappa shape index (κ1) is 16.8. The van der Waals surface area contributed by atoms with E-state index in [9.17, 15) is 18.8 Å². The second-order valence-electron chi connectivity index (χ2n) is 6.14. The molecule has 0 saturated carbocycles. The molecular formula is C22H13FO4. The van der Waals surface area contributed by atoms with Gasteiger partial charge in [0.25, 0.3) is 0 Å². The fourth-order valence-corrected chi connectivity index (χ4v) is 3.17. The highest BCUT2D eigenvalue weighted by atomic mass is 19.1. The lowest BCUT2D eigenvalue weighted by molar-refractivity contribution is 0.0469. The minimum Gasteiger partial charge on any atom is -0.457 e. The topological polar surface area (TPSA) is 60.4 Å². The van der Waals surface area contributed by atoms with E-state index in [2.05, 4.69) is 0 Å². The molecule has 0 radical (unpaired) electrons. The normalized spacial score (nSPS) is 12.3. The van der Waals surface area contributed by atoms with E-state index in [1.54, 1.807) is 30.3 Å². The van der Waals surface area contributed by atoms with Gasteiger partial charge in [0.2, 0.25) is 0 Å². The van der Waals surface area contributed by atoms with Crippen LogP contribution in [-0.2, 0) is 11.3 Å². The zero-order valence-electron chi connectivity index (χ0n) is 14.1. The molecule has 0 spiro atoms. The summed E-state index contributed by atoms with van der Waals surface area (Å²) < 4.78 is 18.5. The van der Waals surface area contributed by atoms with Crippen molar-refractivity contribution in [2.24, 2.45) is 0 Å². The minimum atomic E-state index is -0.739. The van der Waals surface area contributed by atoms with Crippen molar-refractivity contribution in [3.05, 3.63) is 106 Å². The molecule has 4 nitrogen and oxygen atoms in total. The molecule has 0 aromatic heterocycles. The molecule has 0 bridgehead atoms. The van der Waals surface area contributed by atoms with E-state index in [4.69, 9.17) is 4.74 Å². The second-order valence-corrected chi connectivity index (χ2v) is 6.14. The molecule has 0 saturated heterocycles. The summed E-state index contributed by atoms with van der Waals surface area (Å²) in [6.45, 7) is -0.140. The van der Waals surface area contributed by atoms with E-state index >= 15 is 0 Å². The fourth-order valence-electron chi connectivity index (χ4n) is 3.17. The van der Waals surface area contributed by atoms with Gasteiger partial charge in [0.15, 0.2) is 11.6 Å². The lowest BCUT2D eigenvalue weighted by Gasteiger charge is -2.19. The Morgan fingerprint density at radius 2 is 1.48 bits per heavy atom. The molecule has 0 N–H and O–H groups in total. The van der Waals surface area contributed by atoms with E-state index in [0.717, 1.165) is 0 Å². The summed E-state index contributed by atoms with van der Waals surface area (Å²) in [5.74, 6) is -1.87. The van der Waals surface area contributed by atoms with Crippen LogP contribution < -0.4 is 0 Å². The van der Waals surface area contributed by atoms with Gasteiger partial charge in [-0.3, -0.25) is 9.59 Å². The molecule has 1 aliphatic carbocycles. The van der Waals surface area contributed by atoms with Crippen LogP contribution in [0.3, 0.4) is 0 Å². The predicted octanol–water partition coefficient (Wildman–Crippen LogP) is 3.96. The Bertz CT molecular complexity index is 1100. The third kappa shape index (κ3) is 2.93. The molecule has 5 heteroatoms. The van der Waals surface area contributed by atoms with Gasteiger partial charge in [0.05, 0.1) is 5.56 Å². The molecule has 3 aromatic rings. The first-order valence-electron chi connectivity index (χ1n) is 8.29. The van der Waals surface area contributed by atoms with Gasteiger partial charge < -0.3 is 4.74 Å². The van der Waals surface area contributed by atoms with Crippen molar-refractivity contribution in [3.8, 4) is 0 Å². The molecule has 0 heterocycles. The van der Waals surface area contributed by atoms with Gasteiger partial charge in [-0.25, -0.2) is 9.18 Å². The highest BCUT2D eigenvalue weighted by Gasteiger charge is 2.33. The van der Waals surface area contributed by atoms with Crippen LogP contribution in [0.15, 0.2) is 66.7 Å². The molecule has 4 rings (SSSR count). The Morgan fingerprint density at radius 3 is 2.22 bits per heavy atom. The number of carbonyl (C=O) groups is 3. The lowest BCUT2D eigenvalue weighted by Crippen LogP contribution is -2.24. The molecule has 0 amide bonds. The third-order valence-corrected chi connectivity index (χ3v) is 4.43. The average molecular weight is 360 g/mol. The zero-order valence-corrected chi connectivity index (χ0v) is 14.1. The van der Waals surface area contributed by atoms with E-state index in [1.165, 1.54) is 36.4 Å². The van der Waals surface area contributed by atoms with E-state index in [-0.39, 0.29) is 34.6 Å². The first-order valence-corrected chi connectivity index (χ1v) is 8.29. The summed E-state index contributed by atoms with van der Waals surface area (Å²) >= 11 is 0. The van der Waals surface area contributed by atoms with Crippen LogP contribution >= 0.6 is 0 Å². The smallest absolute Gasteiger partial charge is 0.339 e. The number of rotatable bonds is 3. The van der Waals surface area contributed by atoms with Crippen LogP contribution in [0.5, 0.6) is 0 Å². The van der Waals surface area contributed by atoms with Gasteiger partial charge in [-0.05, 0) is 23.8 Å². The number of hydrogen-bond acceptors (Lipinski definition) is 4.